The van der Waals surface area contributed by atoms with Crippen molar-refractivity contribution in [3.8, 4) is 0 Å². The van der Waals surface area contributed by atoms with Crippen LogP contribution in [0.25, 0.3) is 0 Å². The fourth-order valence-electron chi connectivity index (χ4n) is 6.00. The van der Waals surface area contributed by atoms with Crippen LogP contribution in [0.3, 0.4) is 0 Å². The number of halogens is 2. The van der Waals surface area contributed by atoms with Crippen molar-refractivity contribution in [3.63, 3.8) is 0 Å². The predicted octanol–water partition coefficient (Wildman–Crippen LogP) is 2.99. The molecule has 0 aliphatic heterocycles. The Kier molecular flexibility index (Phi) is 0.692. The van der Waals surface area contributed by atoms with Gasteiger partial charge in [-0.05, 0) is 73.3 Å². The first-order valence-corrected chi connectivity index (χ1v) is 6.41. The van der Waals surface area contributed by atoms with Crippen LogP contribution in [0.1, 0.15) is 0 Å². The van der Waals surface area contributed by atoms with Crippen LogP contribution in [0.4, 0.5) is 0 Å². The summed E-state index contributed by atoms with van der Waals surface area (Å²) in [5.41, 5.74) is 0.733. The minimum absolute atomic E-state index is 0.733. The van der Waals surface area contributed by atoms with E-state index in [0.29, 0.717) is 0 Å². The molecule has 0 radical (unpaired) electrons. The number of allylic oxidation sites excluding steroid dienone is 1. The summed E-state index contributed by atoms with van der Waals surface area (Å²) >= 11 is 7.03. The van der Waals surface area contributed by atoms with E-state index >= 15 is 0 Å². The Morgan fingerprint density at radius 1 is 0.917 bits per heavy atom. The van der Waals surface area contributed by atoms with E-state index in [4.69, 9.17) is 0 Å². The van der Waals surface area contributed by atoms with Crippen LogP contribution in [0.5, 0.6) is 0 Å². The lowest BCUT2D eigenvalue weighted by molar-refractivity contribution is -0.599. The van der Waals surface area contributed by atoms with Gasteiger partial charge in [-0.2, -0.15) is 0 Å². The van der Waals surface area contributed by atoms with Crippen molar-refractivity contribution >= 4 is 31.9 Å². The van der Waals surface area contributed by atoms with Gasteiger partial charge in [0.15, 0.2) is 0 Å². The molecule has 0 heterocycles. The van der Waals surface area contributed by atoms with Crippen LogP contribution in [0, 0.1) is 46.8 Å². The van der Waals surface area contributed by atoms with E-state index in [1.54, 1.807) is 0 Å². The molecule has 0 bridgehead atoms. The molecule has 0 spiro atoms. The molecule has 6 fully saturated rings. The summed E-state index contributed by atoms with van der Waals surface area (Å²) < 4.78 is 1.20. The third kappa shape index (κ3) is 0.282. The van der Waals surface area contributed by atoms with Crippen LogP contribution < -0.4 is 0 Å². The maximum atomic E-state index is 3.51. The molecule has 0 aromatic carbocycles. The van der Waals surface area contributed by atoms with Crippen molar-refractivity contribution in [1.29, 1.82) is 0 Å². The van der Waals surface area contributed by atoms with Gasteiger partial charge in [0.2, 0.25) is 0 Å². The monoisotopic (exact) mass is 286 g/mol. The summed E-state index contributed by atoms with van der Waals surface area (Å²) in [7, 11) is 0. The summed E-state index contributed by atoms with van der Waals surface area (Å²) in [6.45, 7) is 0. The molecule has 6 rings (SSSR count). The van der Waals surface area contributed by atoms with Crippen molar-refractivity contribution in [2.45, 2.75) is 0 Å². The molecule has 0 saturated heterocycles. The molecule has 62 valence electrons. The fourth-order valence-corrected chi connectivity index (χ4v) is 6.79. The molecule has 0 atom stereocenters. The van der Waals surface area contributed by atoms with E-state index in [1.165, 1.54) is 27.1 Å². The van der Waals surface area contributed by atoms with Crippen molar-refractivity contribution in [3.05, 3.63) is 9.47 Å². The first kappa shape index (κ1) is 6.23. The van der Waals surface area contributed by atoms with Crippen molar-refractivity contribution < 1.29 is 0 Å². The molecule has 6 saturated carbocycles. The Morgan fingerprint density at radius 3 is 1.83 bits per heavy atom. The summed E-state index contributed by atoms with van der Waals surface area (Å²) in [6.07, 6.45) is 2.48. The minimum atomic E-state index is 0.733. The Morgan fingerprint density at radius 2 is 1.42 bits per heavy atom. The first-order valence-electron chi connectivity index (χ1n) is 4.82. The van der Waals surface area contributed by atoms with E-state index < -0.39 is 0 Å². The second-order valence-electron chi connectivity index (χ2n) is 5.32. The van der Waals surface area contributed by atoms with Gasteiger partial charge in [-0.1, -0.05) is 6.08 Å². The largest absolute Gasteiger partial charge is 0.0570 e. The molecular formula is C10H8Br2. The molecule has 0 aromatic heterocycles. The number of hydrogen-bond donors (Lipinski definition) is 0. The standard InChI is InChI=1S/C10H8Br2/c11-2(12)1-10-7-4-3-5(7)9(10)6(3)8(4)10/h1,3-9H. The van der Waals surface area contributed by atoms with Gasteiger partial charge in [0.25, 0.3) is 0 Å². The molecule has 0 unspecified atom stereocenters. The van der Waals surface area contributed by atoms with Crippen LogP contribution >= 0.6 is 31.9 Å². The van der Waals surface area contributed by atoms with E-state index in [1.807, 2.05) is 0 Å². The Labute approximate surface area is 88.0 Å². The second-order valence-corrected chi connectivity index (χ2v) is 8.09. The van der Waals surface area contributed by atoms with Gasteiger partial charge in [0, 0.05) is 5.41 Å². The van der Waals surface area contributed by atoms with Crippen LogP contribution in [-0.4, -0.2) is 0 Å². The SMILES string of the molecule is BrC(Br)=CC12C3C4C5C3C1C5C42. The summed E-state index contributed by atoms with van der Waals surface area (Å²) in [4.78, 5) is 0. The van der Waals surface area contributed by atoms with Crippen molar-refractivity contribution in [2.24, 2.45) is 46.8 Å². The highest BCUT2D eigenvalue weighted by atomic mass is 79.9. The smallest absolute Gasteiger partial charge is 0.0561 e. The Bertz CT molecular complexity index is 302. The van der Waals surface area contributed by atoms with E-state index in [0.717, 1.165) is 23.2 Å². The Balaban J connectivity index is 1.68. The van der Waals surface area contributed by atoms with Gasteiger partial charge < -0.3 is 0 Å². The highest BCUT2D eigenvalue weighted by Gasteiger charge is 3.03. The van der Waals surface area contributed by atoms with Crippen LogP contribution in [0.15, 0.2) is 9.47 Å². The summed E-state index contributed by atoms with van der Waals surface area (Å²) in [5.74, 6) is 8.31. The van der Waals surface area contributed by atoms with Crippen molar-refractivity contribution in [2.75, 3.05) is 0 Å². The quantitative estimate of drug-likeness (QED) is 0.696. The molecule has 0 nitrogen and oxygen atoms in total. The Hall–Kier alpha value is 0.700. The minimum Gasteiger partial charge on any atom is -0.0561 e. The molecule has 0 amide bonds. The molecular weight excluding hydrogens is 280 g/mol. The first-order chi connectivity index (χ1) is 5.78. The lowest BCUT2D eigenvalue weighted by Crippen LogP contribution is -3.04. The van der Waals surface area contributed by atoms with Gasteiger partial charge in [0.1, 0.15) is 0 Å². The second kappa shape index (κ2) is 1.33. The van der Waals surface area contributed by atoms with Gasteiger partial charge in [-0.25, -0.2) is 0 Å². The normalized spacial score (nSPS) is 81.7. The predicted molar refractivity (Wildman–Crippen MR) is 52.8 cm³/mol. The van der Waals surface area contributed by atoms with Crippen LogP contribution in [-0.2, 0) is 0 Å². The lowest BCUT2D eigenvalue weighted by Gasteiger charge is -3.07. The topological polar surface area (TPSA) is 0 Å². The maximum Gasteiger partial charge on any atom is 0.0570 e. The molecule has 6 aliphatic carbocycles. The van der Waals surface area contributed by atoms with E-state index in [-0.39, 0.29) is 0 Å². The lowest BCUT2D eigenvalue weighted by atomic mass is 8.96. The zero-order valence-corrected chi connectivity index (χ0v) is 9.55. The van der Waals surface area contributed by atoms with E-state index in [9.17, 15) is 0 Å². The average Bonchev–Trinajstić information content (AvgIpc) is 2.04. The highest BCUT2D eigenvalue weighted by molar-refractivity contribution is 9.28. The molecule has 6 aliphatic rings. The third-order valence-corrected chi connectivity index (χ3v) is 6.37. The van der Waals surface area contributed by atoms with Crippen LogP contribution in [0.2, 0.25) is 0 Å². The maximum absolute atomic E-state index is 3.51. The average molecular weight is 288 g/mol. The van der Waals surface area contributed by atoms with E-state index in [2.05, 4.69) is 37.9 Å². The molecule has 0 aromatic rings. The molecule has 2 heteroatoms. The zero-order chi connectivity index (χ0) is 7.83. The van der Waals surface area contributed by atoms with Gasteiger partial charge in [-0.3, -0.25) is 0 Å². The van der Waals surface area contributed by atoms with Gasteiger partial charge in [-0.15, -0.1) is 0 Å². The number of hydrogen-bond acceptors (Lipinski definition) is 0. The third-order valence-electron chi connectivity index (χ3n) is 5.91. The fraction of sp³-hybridized carbons (Fsp3) is 0.800. The number of rotatable bonds is 1. The molecule has 0 N–H and O–H groups in total. The van der Waals surface area contributed by atoms with Gasteiger partial charge in [0.05, 0.1) is 3.39 Å². The highest BCUT2D eigenvalue weighted by Crippen LogP contribution is 3.06. The summed E-state index contributed by atoms with van der Waals surface area (Å²) in [6, 6.07) is 0. The molecule has 12 heavy (non-hydrogen) atoms. The zero-order valence-electron chi connectivity index (χ0n) is 6.37. The van der Waals surface area contributed by atoms with Gasteiger partial charge >= 0.3 is 0 Å². The summed E-state index contributed by atoms with van der Waals surface area (Å²) in [5, 5.41) is 0. The van der Waals surface area contributed by atoms with Crippen molar-refractivity contribution in [1.82, 2.24) is 0 Å².